The van der Waals surface area contributed by atoms with Gasteiger partial charge in [0.05, 0.1) is 23.2 Å². The van der Waals surface area contributed by atoms with Crippen molar-refractivity contribution < 1.29 is 4.79 Å². The average molecular weight is 572 g/mol. The normalized spacial score (nSPS) is 23.2. The van der Waals surface area contributed by atoms with Gasteiger partial charge < -0.3 is 4.90 Å². The zero-order valence-electron chi connectivity index (χ0n) is 19.9. The van der Waals surface area contributed by atoms with Crippen molar-refractivity contribution >= 4 is 45.0 Å². The highest BCUT2D eigenvalue weighted by Gasteiger charge is 2.51. The molecule has 3 nitrogen and oxygen atoms in total. The van der Waals surface area contributed by atoms with E-state index in [1.165, 1.54) is 0 Å². The summed E-state index contributed by atoms with van der Waals surface area (Å²) >= 11 is 16.2. The van der Waals surface area contributed by atoms with Gasteiger partial charge in [-0.3, -0.25) is 4.79 Å². The van der Waals surface area contributed by atoms with Gasteiger partial charge in [0.15, 0.2) is 0 Å². The van der Waals surface area contributed by atoms with E-state index in [1.54, 1.807) is 0 Å². The summed E-state index contributed by atoms with van der Waals surface area (Å²) in [5.41, 5.74) is 2.42. The van der Waals surface area contributed by atoms with Crippen molar-refractivity contribution in [2.45, 2.75) is 51.1 Å². The van der Waals surface area contributed by atoms with Crippen molar-refractivity contribution in [3.63, 3.8) is 0 Å². The summed E-state index contributed by atoms with van der Waals surface area (Å²) in [6, 6.07) is 21.3. The first kappa shape index (κ1) is 25.9. The Kier molecular flexibility index (Phi) is 8.05. The molecule has 2 heterocycles. The summed E-state index contributed by atoms with van der Waals surface area (Å²) in [6.45, 7) is 8.13. The van der Waals surface area contributed by atoms with Gasteiger partial charge in [-0.1, -0.05) is 73.5 Å². The fourth-order valence-electron chi connectivity index (χ4n) is 5.39. The molecule has 1 aromatic heterocycles. The van der Waals surface area contributed by atoms with E-state index in [-0.39, 0.29) is 23.9 Å². The van der Waals surface area contributed by atoms with Crippen molar-refractivity contribution in [1.82, 2.24) is 9.88 Å². The molecule has 0 radical (unpaired) electrons. The minimum atomic E-state index is -0.600. The molecule has 4 rings (SSSR count). The number of allylic oxidation sites excluding steroid dienone is 1. The maximum Gasteiger partial charge on any atom is 0.229 e. The van der Waals surface area contributed by atoms with E-state index in [0.717, 1.165) is 27.8 Å². The second-order valence-corrected chi connectivity index (χ2v) is 11.1. The quantitative estimate of drug-likeness (QED) is 0.209. The maximum atomic E-state index is 14.4. The molecule has 1 amide bonds. The van der Waals surface area contributed by atoms with Crippen molar-refractivity contribution in [2.75, 3.05) is 0 Å². The predicted molar refractivity (Wildman–Crippen MR) is 148 cm³/mol. The predicted octanol–water partition coefficient (Wildman–Crippen LogP) is 8.94. The van der Waals surface area contributed by atoms with Crippen molar-refractivity contribution in [2.24, 2.45) is 5.41 Å². The van der Waals surface area contributed by atoms with Crippen molar-refractivity contribution in [3.05, 3.63) is 111 Å². The molecule has 0 N–H and O–H groups in total. The fourth-order valence-corrected chi connectivity index (χ4v) is 6.07. The average Bonchev–Trinajstić information content (AvgIpc) is 2.83. The molecule has 2 aromatic carbocycles. The van der Waals surface area contributed by atoms with E-state index in [9.17, 15) is 4.79 Å². The number of benzene rings is 2. The fraction of sp³-hybridized carbons (Fsp3) is 0.310. The number of likely N-dealkylation sites (tertiary alicyclic amines) is 1. The summed E-state index contributed by atoms with van der Waals surface area (Å²) in [4.78, 5) is 21.2. The zero-order valence-corrected chi connectivity index (χ0v) is 23.0. The lowest BCUT2D eigenvalue weighted by atomic mass is 9.67. The van der Waals surface area contributed by atoms with Crippen LogP contribution in [0.1, 0.15) is 67.9 Å². The number of hydrogen-bond donors (Lipinski definition) is 0. The first-order valence-electron chi connectivity index (χ1n) is 11.8. The summed E-state index contributed by atoms with van der Waals surface area (Å²) in [7, 11) is 0. The second-order valence-electron chi connectivity index (χ2n) is 9.44. The highest BCUT2D eigenvalue weighted by atomic mass is 79.9. The Balaban J connectivity index is 1.95. The number of amides is 1. The van der Waals surface area contributed by atoms with Crippen LogP contribution in [0.3, 0.4) is 0 Å². The van der Waals surface area contributed by atoms with Crippen LogP contribution in [0.15, 0.2) is 84.0 Å². The van der Waals surface area contributed by atoms with Crippen LogP contribution >= 0.6 is 39.1 Å². The molecule has 6 heteroatoms. The van der Waals surface area contributed by atoms with Gasteiger partial charge in [-0.25, -0.2) is 4.98 Å². The number of rotatable bonds is 7. The van der Waals surface area contributed by atoms with Gasteiger partial charge in [-0.05, 0) is 82.7 Å². The maximum absolute atomic E-state index is 14.4. The molecule has 0 aliphatic carbocycles. The third kappa shape index (κ3) is 5.35. The van der Waals surface area contributed by atoms with Gasteiger partial charge in [-0.2, -0.15) is 0 Å². The molecule has 1 fully saturated rings. The molecule has 35 heavy (non-hydrogen) atoms. The smallest absolute Gasteiger partial charge is 0.229 e. The monoisotopic (exact) mass is 570 g/mol. The first-order valence-corrected chi connectivity index (χ1v) is 13.4. The molecule has 1 unspecified atom stereocenters. The molecule has 1 aliphatic rings. The van der Waals surface area contributed by atoms with Gasteiger partial charge in [0.25, 0.3) is 0 Å². The molecule has 0 saturated carbocycles. The summed E-state index contributed by atoms with van der Waals surface area (Å²) in [5, 5.41) is 1.35. The summed E-state index contributed by atoms with van der Waals surface area (Å²) in [6.07, 6.45) is 3.86. The number of carbonyl (C=O) groups excluding carboxylic acids is 1. The zero-order chi connectivity index (χ0) is 25.2. The molecular formula is C29H29BrCl2N2O. The van der Waals surface area contributed by atoms with Crippen LogP contribution in [-0.4, -0.2) is 15.8 Å². The Labute approximate surface area is 226 Å². The van der Waals surface area contributed by atoms with Gasteiger partial charge in [0, 0.05) is 16.0 Å². The van der Waals surface area contributed by atoms with E-state index >= 15 is 0 Å². The first-order chi connectivity index (χ1) is 16.8. The number of carbonyl (C=O) groups is 1. The van der Waals surface area contributed by atoms with Crippen LogP contribution in [0.5, 0.6) is 0 Å². The number of piperidine rings is 1. The number of halogens is 3. The van der Waals surface area contributed by atoms with Crippen LogP contribution in [-0.2, 0) is 4.79 Å². The molecular weight excluding hydrogens is 543 g/mol. The van der Waals surface area contributed by atoms with Gasteiger partial charge in [-0.15, -0.1) is 6.58 Å². The Hall–Kier alpha value is -2.14. The van der Waals surface area contributed by atoms with E-state index in [1.807, 2.05) is 66.7 Å². The van der Waals surface area contributed by atoms with E-state index in [2.05, 4.69) is 47.3 Å². The van der Waals surface area contributed by atoms with Crippen LogP contribution in [0.4, 0.5) is 0 Å². The topological polar surface area (TPSA) is 33.2 Å². The molecule has 0 spiro atoms. The Bertz CT molecular complexity index is 1220. The minimum Gasteiger partial charge on any atom is -0.326 e. The number of aromatic nitrogens is 1. The van der Waals surface area contributed by atoms with E-state index in [0.29, 0.717) is 22.9 Å². The number of hydrogen-bond acceptors (Lipinski definition) is 2. The van der Waals surface area contributed by atoms with E-state index in [4.69, 9.17) is 28.2 Å². The summed E-state index contributed by atoms with van der Waals surface area (Å²) < 4.78 is 0.751. The molecule has 1 aliphatic heterocycles. The Morgan fingerprint density at radius 2 is 1.83 bits per heavy atom. The molecule has 182 valence electrons. The molecule has 4 atom stereocenters. The standard InChI is InChI=1S/C29H29BrCl2N2O/c1-4-16-29(3)18-23(20-8-6-9-22(32)17-20)27(19-12-14-21(31)15-13-19)34(28(29)35)25(5-2)24-10-7-11-26(30)33-24/h4,6-15,17,23,25,27H,1,5,16,18H2,2-3H3/t23-,25?,27-,29+/m1/s1. The Morgan fingerprint density at radius 3 is 2.46 bits per heavy atom. The summed E-state index contributed by atoms with van der Waals surface area (Å²) in [5.74, 6) is 0.142. The SMILES string of the molecule is C=CC[C@@]1(C)C[C@H](c2cccc(Cl)c2)[C@@H](c2ccc(Cl)cc2)N(C(CC)c2cccc(Br)n2)C1=O. The lowest BCUT2D eigenvalue weighted by molar-refractivity contribution is -0.155. The van der Waals surface area contributed by atoms with Gasteiger partial charge >= 0.3 is 0 Å². The van der Waals surface area contributed by atoms with Crippen LogP contribution in [0.2, 0.25) is 10.0 Å². The van der Waals surface area contributed by atoms with Crippen LogP contribution in [0, 0.1) is 5.41 Å². The lowest BCUT2D eigenvalue weighted by Gasteiger charge is -2.52. The third-order valence-corrected chi connectivity index (χ3v) is 7.91. The van der Waals surface area contributed by atoms with Gasteiger partial charge in [0.2, 0.25) is 5.91 Å². The molecule has 0 bridgehead atoms. The lowest BCUT2D eigenvalue weighted by Crippen LogP contribution is -2.53. The molecule has 1 saturated heterocycles. The number of nitrogens with zero attached hydrogens (tertiary/aromatic N) is 2. The third-order valence-electron chi connectivity index (χ3n) is 6.99. The Morgan fingerprint density at radius 1 is 1.11 bits per heavy atom. The molecule has 3 aromatic rings. The van der Waals surface area contributed by atoms with Gasteiger partial charge in [0.1, 0.15) is 4.60 Å². The second kappa shape index (κ2) is 10.9. The van der Waals surface area contributed by atoms with Crippen molar-refractivity contribution in [3.8, 4) is 0 Å². The van der Waals surface area contributed by atoms with E-state index < -0.39 is 5.41 Å². The largest absolute Gasteiger partial charge is 0.326 e. The van der Waals surface area contributed by atoms with Crippen molar-refractivity contribution in [1.29, 1.82) is 0 Å². The van der Waals surface area contributed by atoms with Crippen LogP contribution < -0.4 is 0 Å². The highest BCUT2D eigenvalue weighted by Crippen LogP contribution is 2.54. The highest BCUT2D eigenvalue weighted by molar-refractivity contribution is 9.10. The minimum absolute atomic E-state index is 0.0266. The van der Waals surface area contributed by atoms with Crippen LogP contribution in [0.25, 0.3) is 0 Å². The number of pyridine rings is 1.